The van der Waals surface area contributed by atoms with Crippen molar-refractivity contribution in [2.45, 2.75) is 76.2 Å². The Bertz CT molecular complexity index is 637. The zero-order valence-electron chi connectivity index (χ0n) is 16.5. The van der Waals surface area contributed by atoms with Crippen molar-refractivity contribution in [2.24, 2.45) is 16.7 Å². The molecule has 1 aromatic rings. The van der Waals surface area contributed by atoms with Gasteiger partial charge in [0.05, 0.1) is 0 Å². The molecule has 0 aromatic heterocycles. The molecule has 26 heavy (non-hydrogen) atoms. The number of hydrogen-bond donors (Lipinski definition) is 2. The van der Waals surface area contributed by atoms with E-state index in [0.717, 1.165) is 12.0 Å². The van der Waals surface area contributed by atoms with Gasteiger partial charge in [-0.25, -0.2) is 0 Å². The van der Waals surface area contributed by atoms with Crippen LogP contribution in [-0.4, -0.2) is 25.7 Å². The zero-order valence-corrected chi connectivity index (χ0v) is 16.5. The molecule has 4 saturated carbocycles. The molecule has 6 rings (SSSR count). The van der Waals surface area contributed by atoms with Gasteiger partial charge in [-0.3, -0.25) is 0 Å². The summed E-state index contributed by atoms with van der Waals surface area (Å²) in [6.45, 7) is 6.13. The van der Waals surface area contributed by atoms with Crippen LogP contribution in [0.25, 0.3) is 0 Å². The van der Waals surface area contributed by atoms with E-state index in [1.165, 1.54) is 77.4 Å². The SMILES string of the molecule is CCC12CC3CC(CNC4CCNCC4)(C1)CC(c1ccccc1)(C3)C2. The Kier molecular flexibility index (Phi) is 4.21. The van der Waals surface area contributed by atoms with E-state index in [9.17, 15) is 0 Å². The van der Waals surface area contributed by atoms with E-state index < -0.39 is 0 Å². The standard InChI is InChI=1S/C24H36N2/c1-2-22-12-19-13-23(15-22,18-26-21-8-10-25-11-9-21)17-24(14-19,16-22)20-6-4-3-5-7-20/h3-7,19,21,25-26H,2,8-18H2,1H3. The fourth-order valence-electron chi connectivity index (χ4n) is 7.94. The predicted molar refractivity (Wildman–Crippen MR) is 108 cm³/mol. The van der Waals surface area contributed by atoms with Crippen LogP contribution in [0.2, 0.25) is 0 Å². The first-order chi connectivity index (χ1) is 12.7. The maximum atomic E-state index is 4.05. The maximum Gasteiger partial charge on any atom is 0.00914 e. The van der Waals surface area contributed by atoms with Gasteiger partial charge in [0.25, 0.3) is 0 Å². The summed E-state index contributed by atoms with van der Waals surface area (Å²) in [5, 5.41) is 7.56. The van der Waals surface area contributed by atoms with Gasteiger partial charge in [-0.1, -0.05) is 43.7 Å². The third-order valence-electron chi connectivity index (χ3n) is 8.54. The highest BCUT2D eigenvalue weighted by Crippen LogP contribution is 2.70. The third kappa shape index (κ3) is 2.85. The lowest BCUT2D eigenvalue weighted by Crippen LogP contribution is -2.61. The lowest BCUT2D eigenvalue weighted by Gasteiger charge is -2.67. The van der Waals surface area contributed by atoms with E-state index in [0.29, 0.717) is 16.2 Å². The average Bonchev–Trinajstić information content (AvgIpc) is 2.67. The molecule has 0 amide bonds. The largest absolute Gasteiger partial charge is 0.317 e. The van der Waals surface area contributed by atoms with Crippen molar-refractivity contribution in [3.05, 3.63) is 35.9 Å². The van der Waals surface area contributed by atoms with Crippen molar-refractivity contribution in [1.82, 2.24) is 10.6 Å². The van der Waals surface area contributed by atoms with Crippen LogP contribution in [0.3, 0.4) is 0 Å². The molecule has 2 nitrogen and oxygen atoms in total. The Morgan fingerprint density at radius 3 is 2.46 bits per heavy atom. The minimum Gasteiger partial charge on any atom is -0.317 e. The van der Waals surface area contributed by atoms with Crippen LogP contribution in [0, 0.1) is 16.7 Å². The van der Waals surface area contributed by atoms with Gasteiger partial charge in [-0.15, -0.1) is 0 Å². The summed E-state index contributed by atoms with van der Waals surface area (Å²) in [6.07, 6.45) is 12.8. The Morgan fingerprint density at radius 1 is 0.962 bits per heavy atom. The molecule has 4 atom stereocenters. The number of rotatable bonds is 5. The molecule has 4 aliphatic carbocycles. The van der Waals surface area contributed by atoms with Crippen LogP contribution in [0.15, 0.2) is 30.3 Å². The van der Waals surface area contributed by atoms with Crippen LogP contribution < -0.4 is 10.6 Å². The summed E-state index contributed by atoms with van der Waals surface area (Å²) in [7, 11) is 0. The van der Waals surface area contributed by atoms with Gasteiger partial charge in [-0.05, 0) is 92.2 Å². The summed E-state index contributed by atoms with van der Waals surface area (Å²) < 4.78 is 0. The smallest absolute Gasteiger partial charge is 0.00914 e. The first-order valence-corrected chi connectivity index (χ1v) is 11.1. The molecule has 1 aliphatic heterocycles. The second kappa shape index (κ2) is 6.34. The number of hydrogen-bond acceptors (Lipinski definition) is 2. The van der Waals surface area contributed by atoms with Crippen LogP contribution in [0.4, 0.5) is 0 Å². The Labute approximate surface area is 159 Å². The van der Waals surface area contributed by atoms with Gasteiger partial charge in [0, 0.05) is 12.6 Å². The second-order valence-electron chi connectivity index (χ2n) is 10.4. The van der Waals surface area contributed by atoms with Gasteiger partial charge in [0.1, 0.15) is 0 Å². The monoisotopic (exact) mass is 352 g/mol. The minimum atomic E-state index is 0.465. The Morgan fingerprint density at radius 2 is 1.69 bits per heavy atom. The van der Waals surface area contributed by atoms with Crippen molar-refractivity contribution >= 4 is 0 Å². The molecule has 1 saturated heterocycles. The number of piperidine rings is 1. The minimum absolute atomic E-state index is 0.465. The summed E-state index contributed by atoms with van der Waals surface area (Å²) in [5.41, 5.74) is 3.28. The molecular weight excluding hydrogens is 316 g/mol. The first-order valence-electron chi connectivity index (χ1n) is 11.1. The van der Waals surface area contributed by atoms with E-state index in [2.05, 4.69) is 47.9 Å². The van der Waals surface area contributed by atoms with Crippen molar-refractivity contribution < 1.29 is 0 Å². The van der Waals surface area contributed by atoms with E-state index in [4.69, 9.17) is 0 Å². The average molecular weight is 353 g/mol. The van der Waals surface area contributed by atoms with Crippen molar-refractivity contribution in [3.63, 3.8) is 0 Å². The molecule has 142 valence electrons. The van der Waals surface area contributed by atoms with E-state index in [-0.39, 0.29) is 0 Å². The molecule has 5 fully saturated rings. The van der Waals surface area contributed by atoms with Gasteiger partial charge in [0.15, 0.2) is 0 Å². The van der Waals surface area contributed by atoms with E-state index in [1.807, 2.05) is 0 Å². The quantitative estimate of drug-likeness (QED) is 0.806. The van der Waals surface area contributed by atoms with E-state index in [1.54, 1.807) is 5.56 Å². The second-order valence-corrected chi connectivity index (χ2v) is 10.4. The molecule has 4 bridgehead atoms. The molecule has 1 aromatic carbocycles. The highest BCUT2D eigenvalue weighted by atomic mass is 15.0. The van der Waals surface area contributed by atoms with Crippen LogP contribution >= 0.6 is 0 Å². The highest BCUT2D eigenvalue weighted by Gasteiger charge is 2.62. The maximum absolute atomic E-state index is 4.05. The molecule has 1 heterocycles. The number of nitrogens with one attached hydrogen (secondary N) is 2. The summed E-state index contributed by atoms with van der Waals surface area (Å²) in [5.74, 6) is 0.959. The highest BCUT2D eigenvalue weighted by molar-refractivity contribution is 5.32. The number of benzene rings is 1. The van der Waals surface area contributed by atoms with Crippen LogP contribution in [0.1, 0.15) is 70.3 Å². The van der Waals surface area contributed by atoms with E-state index >= 15 is 0 Å². The lowest BCUT2D eigenvalue weighted by molar-refractivity contribution is -0.127. The predicted octanol–water partition coefficient (Wildman–Crippen LogP) is 4.65. The van der Waals surface area contributed by atoms with Crippen molar-refractivity contribution in [1.29, 1.82) is 0 Å². The van der Waals surface area contributed by atoms with Gasteiger partial charge >= 0.3 is 0 Å². The van der Waals surface area contributed by atoms with Crippen LogP contribution in [-0.2, 0) is 5.41 Å². The fraction of sp³-hybridized carbons (Fsp3) is 0.750. The Hall–Kier alpha value is -0.860. The van der Waals surface area contributed by atoms with Crippen molar-refractivity contribution in [2.75, 3.05) is 19.6 Å². The molecule has 2 heteroatoms. The molecule has 5 aliphatic rings. The molecule has 0 radical (unpaired) electrons. The fourth-order valence-corrected chi connectivity index (χ4v) is 7.94. The molecule has 4 unspecified atom stereocenters. The molecule has 0 spiro atoms. The zero-order chi connectivity index (χ0) is 17.7. The summed E-state index contributed by atoms with van der Waals surface area (Å²) in [4.78, 5) is 0. The van der Waals surface area contributed by atoms with Gasteiger partial charge < -0.3 is 10.6 Å². The third-order valence-corrected chi connectivity index (χ3v) is 8.54. The topological polar surface area (TPSA) is 24.1 Å². The van der Waals surface area contributed by atoms with Crippen LogP contribution in [0.5, 0.6) is 0 Å². The first kappa shape index (κ1) is 17.3. The van der Waals surface area contributed by atoms with Gasteiger partial charge in [-0.2, -0.15) is 0 Å². The normalized spacial score (nSPS) is 42.3. The lowest BCUT2D eigenvalue weighted by atomic mass is 9.38. The van der Waals surface area contributed by atoms with Crippen molar-refractivity contribution in [3.8, 4) is 0 Å². The Balaban J connectivity index is 1.43. The molecular formula is C24H36N2. The summed E-state index contributed by atoms with van der Waals surface area (Å²) >= 11 is 0. The van der Waals surface area contributed by atoms with Gasteiger partial charge in [0.2, 0.25) is 0 Å². The molecule has 2 N–H and O–H groups in total. The summed E-state index contributed by atoms with van der Waals surface area (Å²) in [6, 6.07) is 12.3.